The summed E-state index contributed by atoms with van der Waals surface area (Å²) in [7, 11) is 0. The van der Waals surface area contributed by atoms with E-state index < -0.39 is 11.6 Å². The molecule has 8 nitrogen and oxygen atoms in total. The molecule has 3 heterocycles. The molecule has 0 unspecified atom stereocenters. The number of hydrogen-bond donors (Lipinski definition) is 3. The quantitative estimate of drug-likeness (QED) is 0.286. The highest BCUT2D eigenvalue weighted by molar-refractivity contribution is 7.15. The molecule has 0 radical (unpaired) electrons. The van der Waals surface area contributed by atoms with Gasteiger partial charge in [0.05, 0.1) is 22.2 Å². The summed E-state index contributed by atoms with van der Waals surface area (Å²) in [5, 5.41) is 24.9. The van der Waals surface area contributed by atoms with E-state index in [9.17, 15) is 15.0 Å². The highest BCUT2D eigenvalue weighted by Crippen LogP contribution is 2.43. The second-order valence-electron chi connectivity index (χ2n) is 9.50. The number of aryl methyl sites for hydroxylation is 2. The molecule has 1 aliphatic rings. The first kappa shape index (κ1) is 24.9. The fourth-order valence-corrected chi connectivity index (χ4v) is 5.64. The molecular weight excluding hydrogens is 488 g/mol. The number of pyridine rings is 2. The number of aromatic nitrogens is 3. The van der Waals surface area contributed by atoms with E-state index >= 15 is 0 Å². The highest BCUT2D eigenvalue weighted by atomic mass is 32.1. The molecule has 0 saturated carbocycles. The monoisotopic (exact) mass is 516 g/mol. The molecule has 1 aliphatic carbocycles. The number of aliphatic hydroxyl groups is 1. The Kier molecular flexibility index (Phi) is 6.66. The van der Waals surface area contributed by atoms with Gasteiger partial charge in [-0.3, -0.25) is 0 Å². The van der Waals surface area contributed by atoms with Crippen molar-refractivity contribution in [3.63, 3.8) is 0 Å². The fraction of sp³-hybridized carbons (Fsp3) is 0.286. The zero-order valence-corrected chi connectivity index (χ0v) is 21.7. The van der Waals surface area contributed by atoms with Crippen LogP contribution in [0.25, 0.3) is 10.6 Å². The first-order valence-corrected chi connectivity index (χ1v) is 13.0. The third kappa shape index (κ3) is 5.19. The van der Waals surface area contributed by atoms with Crippen molar-refractivity contribution in [2.45, 2.75) is 51.7 Å². The van der Waals surface area contributed by atoms with Gasteiger partial charge in [0.25, 0.3) is 0 Å². The molecule has 4 aromatic rings. The van der Waals surface area contributed by atoms with Crippen molar-refractivity contribution >= 4 is 28.9 Å². The number of rotatable bonds is 7. The summed E-state index contributed by atoms with van der Waals surface area (Å²) in [5.74, 6) is 1.02. The Morgan fingerprint density at radius 2 is 1.97 bits per heavy atom. The minimum absolute atomic E-state index is 0.0599. The van der Waals surface area contributed by atoms with Gasteiger partial charge >= 0.3 is 5.97 Å². The number of benzene rings is 1. The van der Waals surface area contributed by atoms with E-state index in [0.717, 1.165) is 45.9 Å². The predicted molar refractivity (Wildman–Crippen MR) is 143 cm³/mol. The Bertz CT molecular complexity index is 1470. The maximum absolute atomic E-state index is 11.7. The summed E-state index contributed by atoms with van der Waals surface area (Å²) in [6.07, 6.45) is 5.47. The third-order valence-electron chi connectivity index (χ3n) is 6.22. The number of nitrogens with zero attached hydrogens (tertiary/aromatic N) is 3. The number of thiazole rings is 1. The van der Waals surface area contributed by atoms with Gasteiger partial charge in [0.15, 0.2) is 0 Å². The first-order valence-electron chi connectivity index (χ1n) is 12.2. The number of carbonyl (C=O) groups is 1. The minimum atomic E-state index is -1.26. The van der Waals surface area contributed by atoms with Crippen LogP contribution in [0.3, 0.4) is 0 Å². The van der Waals surface area contributed by atoms with E-state index in [-0.39, 0.29) is 11.7 Å². The number of ether oxygens (including phenoxy) is 1. The van der Waals surface area contributed by atoms with E-state index in [1.807, 2.05) is 45.0 Å². The van der Waals surface area contributed by atoms with Crippen molar-refractivity contribution in [1.82, 2.24) is 15.0 Å². The largest absolute Gasteiger partial charge is 0.491 e. The van der Waals surface area contributed by atoms with Gasteiger partial charge in [-0.2, -0.15) is 0 Å². The molecule has 0 saturated heterocycles. The van der Waals surface area contributed by atoms with Crippen molar-refractivity contribution in [3.05, 3.63) is 82.1 Å². The molecule has 0 bridgehead atoms. The maximum Gasteiger partial charge on any atom is 0.335 e. The topological polar surface area (TPSA) is 117 Å². The second kappa shape index (κ2) is 9.91. The lowest BCUT2D eigenvalue weighted by atomic mass is 9.79. The summed E-state index contributed by atoms with van der Waals surface area (Å²) in [6.45, 7) is 5.94. The molecule has 3 N–H and O–H groups in total. The fourth-order valence-electron chi connectivity index (χ4n) is 4.63. The maximum atomic E-state index is 11.7. The Hall–Kier alpha value is -3.82. The van der Waals surface area contributed by atoms with E-state index in [2.05, 4.69) is 15.3 Å². The van der Waals surface area contributed by atoms with Crippen LogP contribution in [0.1, 0.15) is 58.7 Å². The SMILES string of the molecule is Cc1cc(Nc2cc(OC(C)C)ccn2)nc(-c2cnc([C@]3(O)CCCc4cc(C(=O)O)ccc43)s2)c1. The predicted octanol–water partition coefficient (Wildman–Crippen LogP) is 5.71. The number of aromatic carboxylic acids is 1. The number of fused-ring (bicyclic) bond motifs is 1. The molecule has 0 fully saturated rings. The molecule has 1 aromatic carbocycles. The number of carboxylic acids is 1. The third-order valence-corrected chi connectivity index (χ3v) is 7.39. The average Bonchev–Trinajstić information content (AvgIpc) is 3.35. The van der Waals surface area contributed by atoms with Crippen LogP contribution in [-0.2, 0) is 12.0 Å². The summed E-state index contributed by atoms with van der Waals surface area (Å²) < 4.78 is 5.76. The van der Waals surface area contributed by atoms with Gasteiger partial charge in [-0.1, -0.05) is 6.07 Å². The van der Waals surface area contributed by atoms with Gasteiger partial charge in [-0.15, -0.1) is 11.3 Å². The highest BCUT2D eigenvalue weighted by Gasteiger charge is 2.39. The lowest BCUT2D eigenvalue weighted by molar-refractivity contribution is 0.0607. The summed E-state index contributed by atoms with van der Waals surface area (Å²) in [6, 6.07) is 12.5. The van der Waals surface area contributed by atoms with Crippen LogP contribution in [0.4, 0.5) is 11.6 Å². The average molecular weight is 517 g/mol. The first-order chi connectivity index (χ1) is 17.7. The van der Waals surface area contributed by atoms with E-state index in [1.165, 1.54) is 11.3 Å². The van der Waals surface area contributed by atoms with Crippen LogP contribution < -0.4 is 10.1 Å². The van der Waals surface area contributed by atoms with Crippen LogP contribution in [0.15, 0.2) is 54.9 Å². The Balaban J connectivity index is 1.44. The minimum Gasteiger partial charge on any atom is -0.491 e. The molecule has 190 valence electrons. The van der Waals surface area contributed by atoms with Crippen molar-refractivity contribution < 1.29 is 19.7 Å². The Morgan fingerprint density at radius 1 is 1.14 bits per heavy atom. The molecule has 5 rings (SSSR count). The summed E-state index contributed by atoms with van der Waals surface area (Å²) in [5.41, 5.74) is 2.28. The normalized spacial score (nSPS) is 16.9. The van der Waals surface area contributed by atoms with Gasteiger partial charge < -0.3 is 20.3 Å². The number of anilines is 2. The zero-order valence-electron chi connectivity index (χ0n) is 20.9. The standard InChI is InChI=1S/C28H28N4O4S/c1-16(2)36-20-8-10-29-24(14-20)32-25-12-17(3)11-22(31-25)23-15-30-27(37-23)28(35)9-4-5-18-13-19(26(33)34)6-7-21(18)28/h6-8,10-16,35H,4-5,9H2,1-3H3,(H,33,34)(H,29,31,32)/t28-/m0/s1. The van der Waals surface area contributed by atoms with E-state index in [4.69, 9.17) is 9.72 Å². The van der Waals surface area contributed by atoms with Crippen LogP contribution >= 0.6 is 11.3 Å². The van der Waals surface area contributed by atoms with Gasteiger partial charge in [0.1, 0.15) is 28.0 Å². The van der Waals surface area contributed by atoms with Crippen LogP contribution in [0.2, 0.25) is 0 Å². The van der Waals surface area contributed by atoms with Crippen LogP contribution in [-0.4, -0.2) is 37.2 Å². The number of hydrogen-bond acceptors (Lipinski definition) is 8. The van der Waals surface area contributed by atoms with Gasteiger partial charge in [-0.05, 0) is 87.1 Å². The molecule has 0 aliphatic heterocycles. The van der Waals surface area contributed by atoms with Gasteiger partial charge in [-0.25, -0.2) is 19.7 Å². The van der Waals surface area contributed by atoms with E-state index in [0.29, 0.717) is 23.1 Å². The van der Waals surface area contributed by atoms with Crippen molar-refractivity contribution in [1.29, 1.82) is 0 Å². The molecule has 0 amide bonds. The zero-order chi connectivity index (χ0) is 26.2. The molecule has 3 aromatic heterocycles. The Labute approximate surface area is 219 Å². The summed E-state index contributed by atoms with van der Waals surface area (Å²) >= 11 is 1.40. The molecule has 0 spiro atoms. The number of nitrogens with one attached hydrogen (secondary N) is 1. The molecule has 37 heavy (non-hydrogen) atoms. The molecule has 9 heteroatoms. The van der Waals surface area contributed by atoms with Crippen molar-refractivity contribution in [3.8, 4) is 16.3 Å². The lowest BCUT2D eigenvalue weighted by Crippen LogP contribution is -2.32. The van der Waals surface area contributed by atoms with Gasteiger partial charge in [0.2, 0.25) is 0 Å². The second-order valence-corrected chi connectivity index (χ2v) is 10.5. The summed E-state index contributed by atoms with van der Waals surface area (Å²) in [4.78, 5) is 26.0. The Morgan fingerprint density at radius 3 is 2.76 bits per heavy atom. The lowest BCUT2D eigenvalue weighted by Gasteiger charge is -2.33. The van der Waals surface area contributed by atoms with Crippen molar-refractivity contribution in [2.24, 2.45) is 0 Å². The molecule has 1 atom stereocenters. The van der Waals surface area contributed by atoms with Crippen molar-refractivity contribution in [2.75, 3.05) is 5.32 Å². The van der Waals surface area contributed by atoms with Gasteiger partial charge in [0, 0.05) is 18.5 Å². The number of carboxylic acid groups (broad SMARTS) is 1. The van der Waals surface area contributed by atoms with Crippen LogP contribution in [0, 0.1) is 6.92 Å². The van der Waals surface area contributed by atoms with Crippen LogP contribution in [0.5, 0.6) is 5.75 Å². The van der Waals surface area contributed by atoms with E-state index in [1.54, 1.807) is 30.6 Å². The molecular formula is C28H28N4O4S. The smallest absolute Gasteiger partial charge is 0.335 e.